The molecule has 0 saturated carbocycles. The van der Waals surface area contributed by atoms with Gasteiger partial charge in [0.2, 0.25) is 5.91 Å². The zero-order valence-electron chi connectivity index (χ0n) is 20.2. The number of hydrogen-bond donors (Lipinski definition) is 1. The van der Waals surface area contributed by atoms with Crippen LogP contribution >= 0.6 is 11.8 Å². The molecule has 3 aromatic rings. The quantitative estimate of drug-likeness (QED) is 0.401. The van der Waals surface area contributed by atoms with Gasteiger partial charge in [0.05, 0.1) is 39.7 Å². The first kappa shape index (κ1) is 24.9. The Morgan fingerprint density at radius 2 is 1.89 bits per heavy atom. The van der Waals surface area contributed by atoms with E-state index in [4.69, 9.17) is 18.9 Å². The maximum absolute atomic E-state index is 12.6. The van der Waals surface area contributed by atoms with Crippen LogP contribution in [0.1, 0.15) is 18.4 Å². The fraction of sp³-hybridized carbons (Fsp3) is 0.400. The van der Waals surface area contributed by atoms with E-state index in [1.165, 1.54) is 11.8 Å². The van der Waals surface area contributed by atoms with E-state index in [1.54, 1.807) is 21.3 Å². The molecule has 4 rings (SSSR count). The average molecular weight is 499 g/mol. The molecule has 1 aliphatic rings. The summed E-state index contributed by atoms with van der Waals surface area (Å²) in [6.45, 7) is 1.80. The Balaban J connectivity index is 1.42. The summed E-state index contributed by atoms with van der Waals surface area (Å²) in [7, 11) is 4.82. The van der Waals surface area contributed by atoms with Crippen LogP contribution in [0.5, 0.6) is 17.2 Å². The maximum Gasteiger partial charge on any atom is 0.230 e. The number of nitrogens with zero attached hydrogens (tertiary/aromatic N) is 3. The van der Waals surface area contributed by atoms with Gasteiger partial charge in [-0.1, -0.05) is 17.8 Å². The van der Waals surface area contributed by atoms with Crippen molar-refractivity contribution in [3.8, 4) is 28.6 Å². The average Bonchev–Trinajstić information content (AvgIpc) is 3.56. The minimum atomic E-state index is -0.0950. The van der Waals surface area contributed by atoms with Gasteiger partial charge < -0.3 is 24.3 Å². The van der Waals surface area contributed by atoms with Crippen LogP contribution in [0.4, 0.5) is 0 Å². The van der Waals surface area contributed by atoms with Crippen LogP contribution in [0.2, 0.25) is 0 Å². The number of carbonyl (C=O) groups excluding carboxylic acids is 1. The highest BCUT2D eigenvalue weighted by atomic mass is 32.2. The summed E-state index contributed by atoms with van der Waals surface area (Å²) in [4.78, 5) is 12.6. The Hall–Kier alpha value is -3.24. The van der Waals surface area contributed by atoms with E-state index >= 15 is 0 Å². The molecule has 1 N–H and O–H groups in total. The number of aromatic nitrogens is 3. The monoisotopic (exact) mass is 498 g/mol. The van der Waals surface area contributed by atoms with Crippen molar-refractivity contribution in [2.75, 3.05) is 33.7 Å². The number of amides is 1. The van der Waals surface area contributed by atoms with Crippen LogP contribution in [0, 0.1) is 0 Å². The molecule has 0 unspecified atom stereocenters. The Morgan fingerprint density at radius 1 is 1.09 bits per heavy atom. The molecule has 1 saturated heterocycles. The number of rotatable bonds is 11. The van der Waals surface area contributed by atoms with E-state index < -0.39 is 0 Å². The standard InChI is InChI=1S/C25H30N4O5S/c1-31-19-9-7-18(8-10-19)24-27-28-25(29(24)15-20-5-4-12-34-20)35-16-23(30)26-14-17-6-11-21(32-2)22(13-17)33-3/h6-11,13,20H,4-5,12,14-16H2,1-3H3,(H,26,30)/t20-/m0/s1. The molecule has 10 heteroatoms. The predicted molar refractivity (Wildman–Crippen MR) is 133 cm³/mol. The van der Waals surface area contributed by atoms with Crippen molar-refractivity contribution in [1.82, 2.24) is 20.1 Å². The summed E-state index contributed by atoms with van der Waals surface area (Å²) in [6, 6.07) is 13.3. The maximum atomic E-state index is 12.6. The van der Waals surface area contributed by atoms with Crippen molar-refractivity contribution in [2.45, 2.75) is 37.2 Å². The molecule has 35 heavy (non-hydrogen) atoms. The molecular formula is C25H30N4O5S. The van der Waals surface area contributed by atoms with Gasteiger partial charge >= 0.3 is 0 Å². The second kappa shape index (κ2) is 11.9. The van der Waals surface area contributed by atoms with E-state index in [1.807, 2.05) is 47.0 Å². The lowest BCUT2D eigenvalue weighted by atomic mass is 10.2. The SMILES string of the molecule is COc1ccc(-c2nnc(SCC(=O)NCc3ccc(OC)c(OC)c3)n2C[C@@H]2CCCO2)cc1. The van der Waals surface area contributed by atoms with Gasteiger partial charge in [-0.05, 0) is 54.8 Å². The van der Waals surface area contributed by atoms with Gasteiger partial charge in [-0.2, -0.15) is 0 Å². The lowest BCUT2D eigenvalue weighted by Gasteiger charge is -2.15. The van der Waals surface area contributed by atoms with E-state index in [-0.39, 0.29) is 17.8 Å². The van der Waals surface area contributed by atoms with Gasteiger partial charge in [0, 0.05) is 18.7 Å². The van der Waals surface area contributed by atoms with Crippen LogP contribution in [0.3, 0.4) is 0 Å². The van der Waals surface area contributed by atoms with Crippen LogP contribution in [-0.4, -0.2) is 60.5 Å². The Morgan fingerprint density at radius 3 is 2.57 bits per heavy atom. The van der Waals surface area contributed by atoms with E-state index in [9.17, 15) is 4.79 Å². The Bertz CT molecular complexity index is 1130. The zero-order chi connectivity index (χ0) is 24.6. The van der Waals surface area contributed by atoms with E-state index in [2.05, 4.69) is 15.5 Å². The van der Waals surface area contributed by atoms with Crippen LogP contribution in [0.25, 0.3) is 11.4 Å². The minimum Gasteiger partial charge on any atom is -0.497 e. The second-order valence-electron chi connectivity index (χ2n) is 8.04. The van der Waals surface area contributed by atoms with Crippen molar-refractivity contribution in [3.05, 3.63) is 48.0 Å². The number of hydrogen-bond acceptors (Lipinski definition) is 8. The summed E-state index contributed by atoms with van der Waals surface area (Å²) in [6.07, 6.45) is 2.16. The summed E-state index contributed by atoms with van der Waals surface area (Å²) in [5.74, 6) is 2.93. The highest BCUT2D eigenvalue weighted by Gasteiger charge is 2.22. The lowest BCUT2D eigenvalue weighted by molar-refractivity contribution is -0.118. The van der Waals surface area contributed by atoms with Gasteiger partial charge in [-0.25, -0.2) is 0 Å². The zero-order valence-corrected chi connectivity index (χ0v) is 21.0. The van der Waals surface area contributed by atoms with Gasteiger partial charge in [0.25, 0.3) is 0 Å². The van der Waals surface area contributed by atoms with Gasteiger partial charge in [-0.3, -0.25) is 9.36 Å². The number of benzene rings is 2. The Labute approximate surface area is 209 Å². The molecule has 0 radical (unpaired) electrons. The number of ether oxygens (including phenoxy) is 4. The first-order valence-electron chi connectivity index (χ1n) is 11.4. The molecule has 0 spiro atoms. The number of nitrogens with one attached hydrogen (secondary N) is 1. The molecule has 1 aliphatic heterocycles. The molecule has 1 aromatic heterocycles. The van der Waals surface area contributed by atoms with E-state index in [0.717, 1.165) is 42.1 Å². The summed E-state index contributed by atoms with van der Waals surface area (Å²) < 4.78 is 23.8. The number of methoxy groups -OCH3 is 3. The molecular weight excluding hydrogens is 468 g/mol. The molecule has 1 amide bonds. The minimum absolute atomic E-state index is 0.0950. The van der Waals surface area contributed by atoms with Crippen molar-refractivity contribution < 1.29 is 23.7 Å². The predicted octanol–water partition coefficient (Wildman–Crippen LogP) is 3.56. The molecule has 186 valence electrons. The van der Waals surface area contributed by atoms with Crippen molar-refractivity contribution >= 4 is 17.7 Å². The summed E-state index contributed by atoms with van der Waals surface area (Å²) in [5, 5.41) is 12.5. The number of thioether (sulfide) groups is 1. The largest absolute Gasteiger partial charge is 0.497 e. The fourth-order valence-corrected chi connectivity index (χ4v) is 4.66. The molecule has 2 aromatic carbocycles. The Kier molecular flexibility index (Phi) is 8.49. The molecule has 2 heterocycles. The van der Waals surface area contributed by atoms with Crippen molar-refractivity contribution in [1.29, 1.82) is 0 Å². The number of carbonyl (C=O) groups is 1. The smallest absolute Gasteiger partial charge is 0.230 e. The molecule has 1 fully saturated rings. The third kappa shape index (κ3) is 6.26. The highest BCUT2D eigenvalue weighted by Crippen LogP contribution is 2.29. The van der Waals surface area contributed by atoms with Crippen LogP contribution < -0.4 is 19.5 Å². The van der Waals surface area contributed by atoms with Gasteiger partial charge in [0.15, 0.2) is 22.5 Å². The topological polar surface area (TPSA) is 96.7 Å². The van der Waals surface area contributed by atoms with E-state index in [0.29, 0.717) is 29.7 Å². The van der Waals surface area contributed by atoms with Gasteiger partial charge in [-0.15, -0.1) is 10.2 Å². The normalized spacial score (nSPS) is 15.1. The first-order chi connectivity index (χ1) is 17.1. The molecule has 0 bridgehead atoms. The van der Waals surface area contributed by atoms with Crippen molar-refractivity contribution in [2.24, 2.45) is 0 Å². The third-order valence-electron chi connectivity index (χ3n) is 5.75. The second-order valence-corrected chi connectivity index (χ2v) is 8.98. The van der Waals surface area contributed by atoms with Crippen LogP contribution in [0.15, 0.2) is 47.6 Å². The molecule has 0 aliphatic carbocycles. The van der Waals surface area contributed by atoms with Gasteiger partial charge in [0.1, 0.15) is 5.75 Å². The first-order valence-corrected chi connectivity index (χ1v) is 12.4. The summed E-state index contributed by atoms with van der Waals surface area (Å²) in [5.41, 5.74) is 1.85. The molecule has 1 atom stereocenters. The van der Waals surface area contributed by atoms with Crippen molar-refractivity contribution in [3.63, 3.8) is 0 Å². The third-order valence-corrected chi connectivity index (χ3v) is 6.71. The summed E-state index contributed by atoms with van der Waals surface area (Å²) >= 11 is 1.36. The molecule has 9 nitrogen and oxygen atoms in total. The highest BCUT2D eigenvalue weighted by molar-refractivity contribution is 7.99. The lowest BCUT2D eigenvalue weighted by Crippen LogP contribution is -2.25. The fourth-order valence-electron chi connectivity index (χ4n) is 3.88. The van der Waals surface area contributed by atoms with Crippen LogP contribution in [-0.2, 0) is 22.6 Å².